The zero-order chi connectivity index (χ0) is 17.0. The standard InChI is InChI=1S/C15H18N2O6/c1-10-13(15(19)20)6-3-7-16(10)14(18)9-23-12-5-2-4-11(8-12)17(21)22/h2,4-5,8,10,13H,3,6-7,9H2,1H3,(H,19,20)/t10-,13-/m1/s1. The summed E-state index contributed by atoms with van der Waals surface area (Å²) in [6.07, 6.45) is 1.18. The minimum atomic E-state index is -0.908. The number of piperidine rings is 1. The predicted molar refractivity (Wildman–Crippen MR) is 80.1 cm³/mol. The molecule has 0 unspecified atom stereocenters. The zero-order valence-corrected chi connectivity index (χ0v) is 12.7. The molecule has 1 N–H and O–H groups in total. The number of non-ortho nitro benzene ring substituents is 1. The van der Waals surface area contributed by atoms with Crippen LogP contribution in [-0.2, 0) is 9.59 Å². The van der Waals surface area contributed by atoms with E-state index in [-0.39, 0.29) is 24.0 Å². The van der Waals surface area contributed by atoms with Gasteiger partial charge in [0.2, 0.25) is 0 Å². The van der Waals surface area contributed by atoms with Crippen LogP contribution in [0.1, 0.15) is 19.8 Å². The maximum Gasteiger partial charge on any atom is 0.308 e. The van der Waals surface area contributed by atoms with Gasteiger partial charge >= 0.3 is 5.97 Å². The number of aliphatic carboxylic acids is 1. The summed E-state index contributed by atoms with van der Waals surface area (Å²) in [5.41, 5.74) is -0.118. The summed E-state index contributed by atoms with van der Waals surface area (Å²) in [5.74, 6) is -1.58. The molecule has 8 heteroatoms. The van der Waals surface area contributed by atoms with Crippen molar-refractivity contribution in [3.8, 4) is 5.75 Å². The van der Waals surface area contributed by atoms with Gasteiger partial charge in [0, 0.05) is 18.7 Å². The summed E-state index contributed by atoms with van der Waals surface area (Å²) < 4.78 is 5.31. The van der Waals surface area contributed by atoms with Crippen LogP contribution in [0.15, 0.2) is 24.3 Å². The molecular weight excluding hydrogens is 304 g/mol. The lowest BCUT2D eigenvalue weighted by Gasteiger charge is -2.37. The van der Waals surface area contributed by atoms with Gasteiger partial charge in [-0.05, 0) is 25.8 Å². The van der Waals surface area contributed by atoms with Crippen LogP contribution in [0.4, 0.5) is 5.69 Å². The summed E-state index contributed by atoms with van der Waals surface area (Å²) in [4.78, 5) is 35.1. The number of rotatable bonds is 5. The first-order valence-electron chi connectivity index (χ1n) is 7.29. The van der Waals surface area contributed by atoms with Crippen LogP contribution in [0, 0.1) is 16.0 Å². The Morgan fingerprint density at radius 1 is 1.48 bits per heavy atom. The molecule has 1 fully saturated rings. The van der Waals surface area contributed by atoms with E-state index in [2.05, 4.69) is 0 Å². The van der Waals surface area contributed by atoms with E-state index in [1.807, 2.05) is 0 Å². The summed E-state index contributed by atoms with van der Waals surface area (Å²) >= 11 is 0. The van der Waals surface area contributed by atoms with Crippen molar-refractivity contribution >= 4 is 17.6 Å². The van der Waals surface area contributed by atoms with Crippen molar-refractivity contribution in [1.82, 2.24) is 4.90 Å². The average Bonchev–Trinajstić information content (AvgIpc) is 2.52. The Labute approximate surface area is 132 Å². The Bertz CT molecular complexity index is 618. The Morgan fingerprint density at radius 3 is 2.87 bits per heavy atom. The van der Waals surface area contributed by atoms with Gasteiger partial charge in [-0.1, -0.05) is 6.07 Å². The van der Waals surface area contributed by atoms with Gasteiger partial charge in [-0.25, -0.2) is 0 Å². The van der Waals surface area contributed by atoms with Gasteiger partial charge in [-0.15, -0.1) is 0 Å². The first-order valence-corrected chi connectivity index (χ1v) is 7.29. The number of carbonyl (C=O) groups excluding carboxylic acids is 1. The minimum absolute atomic E-state index is 0.118. The number of hydrogen-bond donors (Lipinski definition) is 1. The maximum absolute atomic E-state index is 12.2. The first kappa shape index (κ1) is 16.7. The number of carbonyl (C=O) groups is 2. The number of benzene rings is 1. The van der Waals surface area contributed by atoms with E-state index in [4.69, 9.17) is 9.84 Å². The van der Waals surface area contributed by atoms with Crippen molar-refractivity contribution < 1.29 is 24.4 Å². The van der Waals surface area contributed by atoms with Crippen LogP contribution in [0.3, 0.4) is 0 Å². The minimum Gasteiger partial charge on any atom is -0.484 e. The summed E-state index contributed by atoms with van der Waals surface area (Å²) in [5, 5.41) is 19.9. The summed E-state index contributed by atoms with van der Waals surface area (Å²) in [7, 11) is 0. The monoisotopic (exact) mass is 322 g/mol. The topological polar surface area (TPSA) is 110 Å². The number of hydrogen-bond acceptors (Lipinski definition) is 5. The van der Waals surface area contributed by atoms with Gasteiger partial charge in [-0.2, -0.15) is 0 Å². The zero-order valence-electron chi connectivity index (χ0n) is 12.7. The Hall–Kier alpha value is -2.64. The maximum atomic E-state index is 12.2. The lowest BCUT2D eigenvalue weighted by Crippen LogP contribution is -2.50. The van der Waals surface area contributed by atoms with E-state index in [9.17, 15) is 19.7 Å². The molecule has 1 amide bonds. The third-order valence-electron chi connectivity index (χ3n) is 4.02. The van der Waals surface area contributed by atoms with Crippen LogP contribution >= 0.6 is 0 Å². The molecule has 2 rings (SSSR count). The molecular formula is C15H18N2O6. The molecule has 1 aromatic rings. The smallest absolute Gasteiger partial charge is 0.308 e. The number of carboxylic acid groups (broad SMARTS) is 1. The first-order chi connectivity index (χ1) is 10.9. The van der Waals surface area contributed by atoms with Crippen LogP contribution in [0.25, 0.3) is 0 Å². The normalized spacial score (nSPS) is 20.8. The number of nitro groups is 1. The molecule has 124 valence electrons. The van der Waals surface area contributed by atoms with Crippen molar-refractivity contribution in [3.05, 3.63) is 34.4 Å². The van der Waals surface area contributed by atoms with Crippen LogP contribution in [0.5, 0.6) is 5.75 Å². The van der Waals surface area contributed by atoms with Gasteiger partial charge in [0.15, 0.2) is 6.61 Å². The number of carboxylic acids is 1. The second-order valence-electron chi connectivity index (χ2n) is 5.46. The number of nitro benzene ring substituents is 1. The molecule has 2 atom stereocenters. The molecule has 0 radical (unpaired) electrons. The van der Waals surface area contributed by atoms with Crippen molar-refractivity contribution in [1.29, 1.82) is 0 Å². The molecule has 1 aromatic carbocycles. The molecule has 0 bridgehead atoms. The number of likely N-dealkylation sites (tertiary alicyclic amines) is 1. The van der Waals surface area contributed by atoms with Gasteiger partial charge in [-0.3, -0.25) is 19.7 Å². The highest BCUT2D eigenvalue weighted by Crippen LogP contribution is 2.24. The lowest BCUT2D eigenvalue weighted by atomic mass is 9.90. The van der Waals surface area contributed by atoms with Gasteiger partial charge in [0.25, 0.3) is 11.6 Å². The predicted octanol–water partition coefficient (Wildman–Crippen LogP) is 1.69. The molecule has 0 saturated carbocycles. The average molecular weight is 322 g/mol. The molecule has 1 aliphatic rings. The van der Waals surface area contributed by atoms with Crippen LogP contribution in [-0.4, -0.2) is 46.0 Å². The van der Waals surface area contributed by atoms with Gasteiger partial charge in [0.05, 0.1) is 16.9 Å². The Morgan fingerprint density at radius 2 is 2.22 bits per heavy atom. The van der Waals surface area contributed by atoms with E-state index in [0.717, 1.165) is 0 Å². The van der Waals surface area contributed by atoms with E-state index < -0.39 is 22.9 Å². The van der Waals surface area contributed by atoms with Gasteiger partial charge in [0.1, 0.15) is 5.75 Å². The summed E-state index contributed by atoms with van der Waals surface area (Å²) in [6, 6.07) is 5.18. The van der Waals surface area contributed by atoms with E-state index in [0.29, 0.717) is 19.4 Å². The summed E-state index contributed by atoms with van der Waals surface area (Å²) in [6.45, 7) is 1.92. The number of ether oxygens (including phenoxy) is 1. The Balaban J connectivity index is 1.98. The largest absolute Gasteiger partial charge is 0.484 e. The third-order valence-corrected chi connectivity index (χ3v) is 4.02. The SMILES string of the molecule is C[C@@H]1[C@H](C(=O)O)CCCN1C(=O)COc1cccc([N+](=O)[O-])c1. The second kappa shape index (κ2) is 7.08. The molecule has 23 heavy (non-hydrogen) atoms. The molecule has 1 aliphatic heterocycles. The highest BCUT2D eigenvalue weighted by molar-refractivity contribution is 5.80. The highest BCUT2D eigenvalue weighted by atomic mass is 16.6. The van der Waals surface area contributed by atoms with E-state index in [1.165, 1.54) is 29.2 Å². The van der Waals surface area contributed by atoms with Crippen molar-refractivity contribution in [2.75, 3.05) is 13.2 Å². The fourth-order valence-electron chi connectivity index (χ4n) is 2.74. The second-order valence-corrected chi connectivity index (χ2v) is 5.46. The van der Waals surface area contributed by atoms with E-state index in [1.54, 1.807) is 6.92 Å². The number of nitrogens with zero attached hydrogens (tertiary/aromatic N) is 2. The van der Waals surface area contributed by atoms with Crippen LogP contribution < -0.4 is 4.74 Å². The molecule has 1 heterocycles. The fourth-order valence-corrected chi connectivity index (χ4v) is 2.74. The van der Waals surface area contributed by atoms with E-state index >= 15 is 0 Å². The third kappa shape index (κ3) is 3.97. The molecule has 0 aromatic heterocycles. The van der Waals surface area contributed by atoms with Crippen LogP contribution in [0.2, 0.25) is 0 Å². The molecule has 0 spiro atoms. The fraction of sp³-hybridized carbons (Fsp3) is 0.467. The quantitative estimate of drug-likeness (QED) is 0.652. The van der Waals surface area contributed by atoms with Crippen molar-refractivity contribution in [3.63, 3.8) is 0 Å². The van der Waals surface area contributed by atoms with Gasteiger partial charge < -0.3 is 14.7 Å². The molecule has 0 aliphatic carbocycles. The molecule has 8 nitrogen and oxygen atoms in total. The highest BCUT2D eigenvalue weighted by Gasteiger charge is 2.35. The van der Waals surface area contributed by atoms with Crippen molar-refractivity contribution in [2.24, 2.45) is 5.92 Å². The molecule has 1 saturated heterocycles. The lowest BCUT2D eigenvalue weighted by molar-refractivity contribution is -0.384. The Kier molecular flexibility index (Phi) is 5.15. The number of amides is 1. The van der Waals surface area contributed by atoms with Crippen molar-refractivity contribution in [2.45, 2.75) is 25.8 Å².